The van der Waals surface area contributed by atoms with Crippen LogP contribution in [0.15, 0.2) is 11.6 Å². The van der Waals surface area contributed by atoms with Crippen molar-refractivity contribution >= 4 is 24.2 Å². The van der Waals surface area contributed by atoms with Crippen molar-refractivity contribution in [3.05, 3.63) is 11.6 Å². The van der Waals surface area contributed by atoms with Crippen molar-refractivity contribution < 1.29 is 187 Å². The lowest BCUT2D eigenvalue weighted by Gasteiger charge is -2.71. The summed E-state index contributed by atoms with van der Waals surface area (Å²) in [5, 5.41) is 211. The minimum atomic E-state index is -2.24. The van der Waals surface area contributed by atoms with E-state index in [1.807, 2.05) is 0 Å². The molecule has 7 heterocycles. The standard InChI is InChI=1S/C72H112O38/c1-25-38(79)45(86)56(108-63-51(92)54(52(26(2)100-63)104-59-46(87)39(80)30(76)21-97-59)106-62-49(90)44(85)42(83)33(102-62)23-96-27(3)75)64(99-25)110-66(95)72-17-16-67(4,5)18-29(72)28-10-11-35-68(6)14-13-37(69(7,24-74)34(68)12-15-70(35,8)71(28,9)19-36(72)78)103-65-57(109-61-48(89)43(84)41(82)32(20-73)101-61)53(50(91)55(107-65)58(93)94)105-60-47(88)40(81)31(77)22-98-60/h10,24-26,29-57,59-65,73,76-92H,11-23H2,1-9H3,(H,93,94)/t25-,26+,29+,30-,31-,32-,33-,34-,35-,36-,37+,38+,39+,40+,41+,42-,43+,44+,45+,46-,47-,48-,49-,50+,51-,52+,53+,54+,55+,56-,57-,59+,60+,61+,62+,63+,64+,65-,68+,69+,70-,71-,72-/m1/s1. The summed E-state index contributed by atoms with van der Waals surface area (Å²) in [6, 6.07) is 0. The number of aliphatic carboxylic acids is 1. The smallest absolute Gasteiger partial charge is 0.335 e. The van der Waals surface area contributed by atoms with Gasteiger partial charge in [-0.2, -0.15) is 0 Å². The minimum Gasteiger partial charge on any atom is -0.479 e. The zero-order valence-corrected chi connectivity index (χ0v) is 62.5. The number of carboxylic acids is 1. The third-order valence-corrected chi connectivity index (χ3v) is 27.1. The lowest BCUT2D eigenvalue weighted by molar-refractivity contribution is -0.394. The maximum atomic E-state index is 15.9. The quantitative estimate of drug-likeness (QED) is 0.0247. The van der Waals surface area contributed by atoms with E-state index in [2.05, 4.69) is 40.7 Å². The number of hydrogen-bond acceptors (Lipinski definition) is 37. The topological polar surface area (TPSA) is 591 Å². The summed E-state index contributed by atoms with van der Waals surface area (Å²) in [4.78, 5) is 55.1. The molecule has 0 aromatic rings. The number of allylic oxidation sites excluding steroid dienone is 2. The Morgan fingerprint density at radius 2 is 1.05 bits per heavy atom. The number of rotatable bonds is 19. The predicted octanol–water partition coefficient (Wildman–Crippen LogP) is -6.42. The zero-order chi connectivity index (χ0) is 80.5. The van der Waals surface area contributed by atoms with Gasteiger partial charge in [-0.15, -0.1) is 0 Å². The van der Waals surface area contributed by atoms with E-state index >= 15 is 4.79 Å². The van der Waals surface area contributed by atoms with Crippen LogP contribution in [0.5, 0.6) is 0 Å². The largest absolute Gasteiger partial charge is 0.479 e. The van der Waals surface area contributed by atoms with Crippen molar-refractivity contribution in [2.75, 3.05) is 26.4 Å². The van der Waals surface area contributed by atoms with Gasteiger partial charge in [0.2, 0.25) is 6.29 Å². The zero-order valence-electron chi connectivity index (χ0n) is 62.5. The molecule has 0 unspecified atom stereocenters. The lowest BCUT2D eigenvalue weighted by Crippen LogP contribution is -2.69. The number of esters is 2. The van der Waals surface area contributed by atoms with Crippen molar-refractivity contribution in [2.24, 2.45) is 50.2 Å². The Bertz CT molecular complexity index is 3260. The SMILES string of the molecule is CC(=O)OC[C@H]1O[C@@H](O[C@H]2[C@@H](O)[C@H](O[C@H]3[C@H](OC(=O)[C@]45CCC(C)(C)C[C@H]4C4=CC[C@@H]6[C@@]7(C)CC[C@H](O[C@@H]8O[C@H](C(=O)O)[C@@H](O)[C@H](O[C@@H]9OC[C@@H](O)[C@H](O)[C@H]9O)[C@H]8O[C@@H]8O[C@H](CO)[C@H](O)[C@H](O)[C@H]8O)[C@@](C)(C=O)[C@@H]7CC[C@@]6(C)[C@]4(C)C[C@H]5O)O[C@H](C)[C@H](O)[C@@H]3O)O[C@@H](C)[C@@H]2O[C@@H]2OC[C@@H](O)[C@H](O)[C@H]2O)[C@H](O)[C@@H](O)[C@@H]1O. The lowest BCUT2D eigenvalue weighted by atomic mass is 9.33. The first-order chi connectivity index (χ1) is 51.5. The maximum absolute atomic E-state index is 15.9. The van der Waals surface area contributed by atoms with E-state index in [4.69, 9.17) is 71.1 Å². The van der Waals surface area contributed by atoms with E-state index in [9.17, 15) is 111 Å². The second-order valence-electron chi connectivity index (χ2n) is 34.2. The van der Waals surface area contributed by atoms with Crippen LogP contribution < -0.4 is 0 Å². The second kappa shape index (κ2) is 32.5. The molecule has 5 aliphatic carbocycles. The number of aliphatic hydroxyl groups excluding tert-OH is 18. The third-order valence-electron chi connectivity index (χ3n) is 27.1. The Morgan fingerprint density at radius 1 is 0.509 bits per heavy atom. The number of carbonyl (C=O) groups is 4. The summed E-state index contributed by atoms with van der Waals surface area (Å²) in [5.74, 6) is -5.00. The molecule has 12 rings (SSSR count). The highest BCUT2D eigenvalue weighted by Gasteiger charge is 2.73. The number of carbonyl (C=O) groups excluding carboxylic acids is 3. The molecule has 0 aromatic heterocycles. The normalized spacial score (nSPS) is 53.7. The van der Waals surface area contributed by atoms with Gasteiger partial charge < -0.3 is 173 Å². The molecule has 43 atom stereocenters. The monoisotopic (exact) mass is 1580 g/mol. The molecule has 38 heteroatoms. The number of aldehydes is 1. The summed E-state index contributed by atoms with van der Waals surface area (Å²) in [6.45, 7) is 13.3. The molecule has 110 heavy (non-hydrogen) atoms. The van der Waals surface area contributed by atoms with Crippen LogP contribution in [-0.2, 0) is 90.2 Å². The molecule has 12 aliphatic rings. The highest BCUT2D eigenvalue weighted by Crippen LogP contribution is 2.76. The summed E-state index contributed by atoms with van der Waals surface area (Å²) in [6.07, 6.45) is -59.0. The van der Waals surface area contributed by atoms with Gasteiger partial charge in [0.05, 0.1) is 49.7 Å². The second-order valence-corrected chi connectivity index (χ2v) is 34.2. The van der Waals surface area contributed by atoms with E-state index in [1.54, 1.807) is 6.92 Å². The fourth-order valence-electron chi connectivity index (χ4n) is 20.4. The molecule has 7 saturated heterocycles. The van der Waals surface area contributed by atoms with Crippen LogP contribution >= 0.6 is 0 Å². The average Bonchev–Trinajstić information content (AvgIpc) is 0.669. The third kappa shape index (κ3) is 15.0. The molecule has 19 N–H and O–H groups in total. The van der Waals surface area contributed by atoms with Crippen LogP contribution in [0.25, 0.3) is 0 Å². The van der Waals surface area contributed by atoms with E-state index < -0.39 is 304 Å². The van der Waals surface area contributed by atoms with Gasteiger partial charge >= 0.3 is 17.9 Å². The molecule has 4 saturated carbocycles. The van der Waals surface area contributed by atoms with Gasteiger partial charge in [0, 0.05) is 6.92 Å². The number of carboxylic acid groups (broad SMARTS) is 1. The van der Waals surface area contributed by atoms with Crippen molar-refractivity contribution in [1.82, 2.24) is 0 Å². The molecule has 628 valence electrons. The molecular weight excluding hydrogens is 1470 g/mol. The Hall–Kier alpha value is -3.42. The van der Waals surface area contributed by atoms with Crippen LogP contribution in [0.4, 0.5) is 0 Å². The van der Waals surface area contributed by atoms with Gasteiger partial charge in [-0.1, -0.05) is 53.2 Å². The van der Waals surface area contributed by atoms with Crippen LogP contribution in [0, 0.1) is 50.2 Å². The fourth-order valence-corrected chi connectivity index (χ4v) is 20.4. The van der Waals surface area contributed by atoms with Crippen LogP contribution in [0.2, 0.25) is 0 Å². The molecule has 0 spiro atoms. The molecule has 0 bridgehead atoms. The van der Waals surface area contributed by atoms with Crippen molar-refractivity contribution in [3.63, 3.8) is 0 Å². The van der Waals surface area contributed by atoms with Crippen molar-refractivity contribution in [1.29, 1.82) is 0 Å². The molecule has 7 aliphatic heterocycles. The van der Waals surface area contributed by atoms with Gasteiger partial charge in [-0.25, -0.2) is 4.79 Å². The number of fused-ring (bicyclic) bond motifs is 7. The van der Waals surface area contributed by atoms with Gasteiger partial charge in [-0.05, 0) is 111 Å². The van der Waals surface area contributed by atoms with Gasteiger partial charge in [0.15, 0.2) is 49.9 Å². The summed E-state index contributed by atoms with van der Waals surface area (Å²) in [7, 11) is 0. The molecule has 11 fully saturated rings. The molecule has 0 amide bonds. The van der Waals surface area contributed by atoms with E-state index in [0.717, 1.165) is 18.8 Å². The first kappa shape index (κ1) is 85.9. The minimum absolute atomic E-state index is 0.00260. The Morgan fingerprint density at radius 3 is 1.64 bits per heavy atom. The molecule has 0 radical (unpaired) electrons. The molecule has 38 nitrogen and oxygen atoms in total. The Labute approximate surface area is 632 Å². The van der Waals surface area contributed by atoms with E-state index in [-0.39, 0.29) is 25.2 Å². The summed E-state index contributed by atoms with van der Waals surface area (Å²) < 4.78 is 90.1. The molecule has 0 aromatic carbocycles. The predicted molar refractivity (Wildman–Crippen MR) is 358 cm³/mol. The van der Waals surface area contributed by atoms with Crippen LogP contribution in [0.3, 0.4) is 0 Å². The summed E-state index contributed by atoms with van der Waals surface area (Å²) in [5.41, 5.74) is -5.07. The van der Waals surface area contributed by atoms with Crippen LogP contribution in [-0.4, -0.2) is 363 Å². The van der Waals surface area contributed by atoms with E-state index in [0.29, 0.717) is 38.5 Å². The number of aliphatic hydroxyl groups is 18. The first-order valence-corrected chi connectivity index (χ1v) is 37.9. The van der Waals surface area contributed by atoms with Crippen molar-refractivity contribution in [3.8, 4) is 0 Å². The molecular formula is C72H112O38. The first-order valence-electron chi connectivity index (χ1n) is 37.9. The maximum Gasteiger partial charge on any atom is 0.335 e. The highest BCUT2D eigenvalue weighted by molar-refractivity contribution is 5.80. The Balaban J connectivity index is 0.814. The number of hydrogen-bond donors (Lipinski definition) is 19. The van der Waals surface area contributed by atoms with Crippen molar-refractivity contribution in [2.45, 2.75) is 335 Å². The van der Waals surface area contributed by atoms with Gasteiger partial charge in [0.1, 0.15) is 153 Å². The highest BCUT2D eigenvalue weighted by atomic mass is 16.8. The fraction of sp³-hybridized carbons (Fsp3) is 0.917. The number of ether oxygens (including phenoxy) is 15. The summed E-state index contributed by atoms with van der Waals surface area (Å²) >= 11 is 0. The average molecular weight is 1590 g/mol. The van der Waals surface area contributed by atoms with Crippen LogP contribution in [0.1, 0.15) is 120 Å². The Kier molecular flexibility index (Phi) is 25.4. The van der Waals surface area contributed by atoms with Gasteiger partial charge in [-0.3, -0.25) is 9.59 Å². The van der Waals surface area contributed by atoms with Gasteiger partial charge in [0.25, 0.3) is 0 Å². The van der Waals surface area contributed by atoms with E-state index in [1.165, 1.54) is 13.8 Å².